The number of benzene rings is 1. The Kier molecular flexibility index (Phi) is 4.88. The number of rotatable bonds is 4. The predicted molar refractivity (Wildman–Crippen MR) is 68.2 cm³/mol. The molecule has 1 aromatic carbocycles. The molecule has 1 rings (SSSR count). The Balaban J connectivity index is 2.84. The molecular weight excluding hydrogens is 230 g/mol. The highest BCUT2D eigenvalue weighted by Gasteiger charge is 2.10. The van der Waals surface area contributed by atoms with Gasteiger partial charge in [0.2, 0.25) is 0 Å². The highest BCUT2D eigenvalue weighted by atomic mass is 16.4. The van der Waals surface area contributed by atoms with Gasteiger partial charge in [-0.3, -0.25) is 10.3 Å². The van der Waals surface area contributed by atoms with E-state index < -0.39 is 12.0 Å². The molecule has 5 heteroatoms. The summed E-state index contributed by atoms with van der Waals surface area (Å²) in [6, 6.07) is 6.90. The van der Waals surface area contributed by atoms with Crippen molar-refractivity contribution < 1.29 is 9.90 Å². The zero-order valence-electron chi connectivity index (χ0n) is 10.3. The number of nitriles is 1. The van der Waals surface area contributed by atoms with Crippen LogP contribution < -0.4 is 5.32 Å². The molecule has 0 aliphatic rings. The molecule has 0 aliphatic heterocycles. The van der Waals surface area contributed by atoms with Crippen LogP contribution in [-0.2, 0) is 11.2 Å². The molecule has 18 heavy (non-hydrogen) atoms. The van der Waals surface area contributed by atoms with Gasteiger partial charge in [0.15, 0.2) is 6.19 Å². The highest BCUT2D eigenvalue weighted by Crippen LogP contribution is 2.05. The van der Waals surface area contributed by atoms with Crippen molar-refractivity contribution in [1.82, 2.24) is 5.32 Å². The van der Waals surface area contributed by atoms with Crippen molar-refractivity contribution in [1.29, 1.82) is 5.26 Å². The summed E-state index contributed by atoms with van der Waals surface area (Å²) in [5.74, 6) is -0.660. The van der Waals surface area contributed by atoms with Crippen LogP contribution in [0.2, 0.25) is 0 Å². The molecule has 1 aromatic rings. The molecule has 0 saturated carbocycles. The smallest absolute Gasteiger partial charge is 0.328 e. The van der Waals surface area contributed by atoms with Crippen LogP contribution in [0.4, 0.5) is 0 Å². The summed E-state index contributed by atoms with van der Waals surface area (Å²) in [5.41, 5.74) is 2.11. The second kappa shape index (κ2) is 6.40. The Morgan fingerprint density at radius 3 is 2.61 bits per heavy atom. The van der Waals surface area contributed by atoms with Gasteiger partial charge in [-0.15, -0.1) is 0 Å². The second-order valence-corrected chi connectivity index (χ2v) is 3.99. The lowest BCUT2D eigenvalue weighted by molar-refractivity contribution is -0.137. The maximum Gasteiger partial charge on any atom is 0.328 e. The number of carbonyl (C=O) groups is 1. The lowest BCUT2D eigenvalue weighted by Gasteiger charge is -2.07. The fourth-order valence-corrected chi connectivity index (χ4v) is 1.37. The maximum absolute atomic E-state index is 10.7. The molecule has 5 nitrogen and oxygen atoms in total. The Hall–Kier alpha value is -2.35. The van der Waals surface area contributed by atoms with E-state index in [4.69, 9.17) is 10.4 Å². The van der Waals surface area contributed by atoms with Gasteiger partial charge in [0.1, 0.15) is 11.9 Å². The van der Waals surface area contributed by atoms with Gasteiger partial charge in [0.05, 0.1) is 0 Å². The number of hydrogen-bond donors (Lipinski definition) is 2. The normalized spacial score (nSPS) is 12.6. The summed E-state index contributed by atoms with van der Waals surface area (Å²) in [6.07, 6.45) is 2.18. The van der Waals surface area contributed by atoms with Crippen molar-refractivity contribution in [2.45, 2.75) is 26.3 Å². The van der Waals surface area contributed by atoms with E-state index >= 15 is 0 Å². The van der Waals surface area contributed by atoms with Crippen molar-refractivity contribution in [3.63, 3.8) is 0 Å². The molecule has 0 saturated heterocycles. The zero-order chi connectivity index (χ0) is 13.5. The third-order valence-corrected chi connectivity index (χ3v) is 2.40. The van der Waals surface area contributed by atoms with E-state index in [0.29, 0.717) is 12.3 Å². The van der Waals surface area contributed by atoms with E-state index in [-0.39, 0.29) is 0 Å². The molecule has 2 N–H and O–H groups in total. The first-order valence-electron chi connectivity index (χ1n) is 5.53. The SMILES string of the molecule is Cc1ccc(CC(=N[C@@H](C)C(=O)O)NC#N)cc1. The lowest BCUT2D eigenvalue weighted by Crippen LogP contribution is -2.25. The van der Waals surface area contributed by atoms with Crippen molar-refractivity contribution in [2.24, 2.45) is 4.99 Å². The van der Waals surface area contributed by atoms with Crippen LogP contribution in [-0.4, -0.2) is 23.0 Å². The highest BCUT2D eigenvalue weighted by molar-refractivity contribution is 5.88. The third-order valence-electron chi connectivity index (χ3n) is 2.40. The van der Waals surface area contributed by atoms with Gasteiger partial charge in [0, 0.05) is 6.42 Å². The molecule has 0 amide bonds. The molecule has 0 spiro atoms. The van der Waals surface area contributed by atoms with Crippen LogP contribution in [0.15, 0.2) is 29.3 Å². The zero-order valence-corrected chi connectivity index (χ0v) is 10.3. The number of hydrogen-bond acceptors (Lipinski definition) is 3. The summed E-state index contributed by atoms with van der Waals surface area (Å²) in [5, 5.41) is 19.8. The molecule has 0 fully saturated rings. The molecular formula is C13H15N3O2. The van der Waals surface area contributed by atoms with Gasteiger partial charge >= 0.3 is 5.97 Å². The number of nitrogens with one attached hydrogen (secondary N) is 1. The summed E-state index contributed by atoms with van der Waals surface area (Å²) < 4.78 is 0. The minimum absolute atomic E-state index is 0.358. The van der Waals surface area contributed by atoms with Crippen molar-refractivity contribution in [3.05, 3.63) is 35.4 Å². The minimum Gasteiger partial charge on any atom is -0.480 e. The number of carboxylic acid groups (broad SMARTS) is 1. The Bertz CT molecular complexity index is 486. The van der Waals surface area contributed by atoms with Crippen molar-refractivity contribution in [2.75, 3.05) is 0 Å². The largest absolute Gasteiger partial charge is 0.480 e. The summed E-state index contributed by atoms with van der Waals surface area (Å²) in [7, 11) is 0. The summed E-state index contributed by atoms with van der Waals surface area (Å²) in [6.45, 7) is 3.45. The van der Waals surface area contributed by atoms with E-state index in [1.165, 1.54) is 6.92 Å². The van der Waals surface area contributed by atoms with E-state index in [0.717, 1.165) is 11.1 Å². The van der Waals surface area contributed by atoms with Gasteiger partial charge < -0.3 is 5.11 Å². The third kappa shape index (κ3) is 4.26. The van der Waals surface area contributed by atoms with Crippen LogP contribution in [0.25, 0.3) is 0 Å². The van der Waals surface area contributed by atoms with Crippen LogP contribution in [0, 0.1) is 18.4 Å². The first-order chi connectivity index (χ1) is 8.52. The summed E-state index contributed by atoms with van der Waals surface area (Å²) in [4.78, 5) is 14.7. The maximum atomic E-state index is 10.7. The van der Waals surface area contributed by atoms with Gasteiger partial charge in [0.25, 0.3) is 0 Å². The molecule has 0 aromatic heterocycles. The minimum atomic E-state index is -1.02. The Labute approximate surface area is 106 Å². The van der Waals surface area contributed by atoms with Crippen LogP contribution in [0.3, 0.4) is 0 Å². The van der Waals surface area contributed by atoms with Gasteiger partial charge in [-0.2, -0.15) is 5.26 Å². The van der Waals surface area contributed by atoms with Gasteiger partial charge in [-0.05, 0) is 19.4 Å². The number of carboxylic acids is 1. The van der Waals surface area contributed by atoms with E-state index in [2.05, 4.69) is 10.3 Å². The van der Waals surface area contributed by atoms with Crippen molar-refractivity contribution in [3.8, 4) is 6.19 Å². The fourth-order valence-electron chi connectivity index (χ4n) is 1.37. The number of aliphatic imine (C=N–C) groups is 1. The molecule has 0 aliphatic carbocycles. The summed E-state index contributed by atoms with van der Waals surface area (Å²) >= 11 is 0. The number of nitrogens with zero attached hydrogens (tertiary/aromatic N) is 2. The monoisotopic (exact) mass is 245 g/mol. The molecule has 0 radical (unpaired) electrons. The average molecular weight is 245 g/mol. The van der Waals surface area contributed by atoms with Crippen molar-refractivity contribution >= 4 is 11.8 Å². The number of aliphatic carboxylic acids is 1. The standard InChI is InChI=1S/C13H15N3O2/c1-9-3-5-11(6-4-9)7-12(15-8-14)16-10(2)13(17)18/h3-6,10H,7H2,1-2H3,(H,15,16)(H,17,18)/t10-/m0/s1. The first kappa shape index (κ1) is 13.7. The van der Waals surface area contributed by atoms with Gasteiger partial charge in [-0.1, -0.05) is 29.8 Å². The second-order valence-electron chi connectivity index (χ2n) is 3.99. The molecule has 1 atom stereocenters. The molecule has 0 bridgehead atoms. The van der Waals surface area contributed by atoms with E-state index in [9.17, 15) is 4.79 Å². The molecule has 94 valence electrons. The van der Waals surface area contributed by atoms with E-state index in [1.807, 2.05) is 31.2 Å². The number of aryl methyl sites for hydroxylation is 1. The fraction of sp³-hybridized carbons (Fsp3) is 0.308. The van der Waals surface area contributed by atoms with Crippen LogP contribution in [0.5, 0.6) is 0 Å². The lowest BCUT2D eigenvalue weighted by atomic mass is 10.1. The number of amidine groups is 1. The quantitative estimate of drug-likeness (QED) is 0.364. The Morgan fingerprint density at radius 2 is 2.11 bits per heavy atom. The molecule has 0 heterocycles. The Morgan fingerprint density at radius 1 is 1.50 bits per heavy atom. The van der Waals surface area contributed by atoms with Gasteiger partial charge in [-0.25, -0.2) is 4.79 Å². The first-order valence-corrected chi connectivity index (χ1v) is 5.53. The van der Waals surface area contributed by atoms with Crippen LogP contribution in [0.1, 0.15) is 18.1 Å². The average Bonchev–Trinajstić information content (AvgIpc) is 2.32. The topological polar surface area (TPSA) is 85.5 Å². The van der Waals surface area contributed by atoms with Crippen LogP contribution >= 0.6 is 0 Å². The molecule has 0 unspecified atom stereocenters. The van der Waals surface area contributed by atoms with E-state index in [1.54, 1.807) is 6.19 Å². The predicted octanol–water partition coefficient (Wildman–Crippen LogP) is 1.48.